The largest absolute Gasteiger partial charge is 0.481 e. The van der Waals surface area contributed by atoms with Crippen molar-refractivity contribution >= 4 is 23.8 Å². The third kappa shape index (κ3) is 7.17. The molecule has 0 atom stereocenters. The lowest BCUT2D eigenvalue weighted by Crippen LogP contribution is -2.31. The summed E-state index contributed by atoms with van der Waals surface area (Å²) >= 11 is 0. The van der Waals surface area contributed by atoms with Gasteiger partial charge in [0.15, 0.2) is 13.2 Å². The van der Waals surface area contributed by atoms with Crippen molar-refractivity contribution in [1.29, 1.82) is 5.26 Å². The summed E-state index contributed by atoms with van der Waals surface area (Å²) in [6, 6.07) is 20.8. The zero-order valence-corrected chi connectivity index (χ0v) is 18.1. The third-order valence-corrected chi connectivity index (χ3v) is 4.49. The highest BCUT2D eigenvalue weighted by atomic mass is 19.4. The van der Waals surface area contributed by atoms with Crippen LogP contribution >= 0.6 is 0 Å². The number of hydrogen-bond donors (Lipinski definition) is 0. The molecule has 3 aromatic carbocycles. The lowest BCUT2D eigenvalue weighted by atomic mass is 10.2. The van der Waals surface area contributed by atoms with Crippen LogP contribution in [0.3, 0.4) is 0 Å². The van der Waals surface area contributed by atoms with Crippen LogP contribution in [-0.4, -0.2) is 31.3 Å². The fourth-order valence-electron chi connectivity index (χ4n) is 2.82. The zero-order valence-electron chi connectivity index (χ0n) is 18.1. The van der Waals surface area contributed by atoms with E-state index in [-0.39, 0.29) is 17.0 Å². The van der Waals surface area contributed by atoms with E-state index in [0.717, 1.165) is 23.2 Å². The van der Waals surface area contributed by atoms with Crippen LogP contribution in [0, 0.1) is 11.3 Å². The van der Waals surface area contributed by atoms with Crippen molar-refractivity contribution in [3.63, 3.8) is 0 Å². The molecule has 3 rings (SSSR count). The van der Waals surface area contributed by atoms with Gasteiger partial charge in [-0.2, -0.15) is 28.5 Å². The Balaban J connectivity index is 1.72. The van der Waals surface area contributed by atoms with Crippen molar-refractivity contribution in [2.75, 3.05) is 18.2 Å². The number of amides is 1. The van der Waals surface area contributed by atoms with Crippen molar-refractivity contribution in [1.82, 2.24) is 0 Å². The smallest absolute Gasteiger partial charge is 0.416 e. The fourth-order valence-corrected chi connectivity index (χ4v) is 2.82. The number of carbonyl (C=O) groups excluding carboxylic acids is 2. The van der Waals surface area contributed by atoms with Gasteiger partial charge in [-0.3, -0.25) is 4.79 Å². The molecule has 35 heavy (non-hydrogen) atoms. The Labute approximate surface area is 198 Å². The van der Waals surface area contributed by atoms with E-state index in [1.165, 1.54) is 24.4 Å². The van der Waals surface area contributed by atoms with Crippen LogP contribution in [0.1, 0.15) is 16.7 Å². The molecule has 1 amide bonds. The van der Waals surface area contributed by atoms with Crippen LogP contribution in [0.15, 0.2) is 84.0 Å². The molecule has 0 radical (unpaired) electrons. The Morgan fingerprint density at radius 2 is 1.69 bits per heavy atom. The molecule has 0 fully saturated rings. The van der Waals surface area contributed by atoms with Gasteiger partial charge in [-0.25, -0.2) is 4.79 Å². The topological polar surface area (TPSA) is 92.0 Å². The summed E-state index contributed by atoms with van der Waals surface area (Å²) in [5, 5.41) is 13.8. The standard InChI is InChI=1S/C25H18F3N3O4/c26-25(27,28)20-10-6-11-21(13-20)31(30-15-18-7-2-1-3-8-18)23(32)16-35-24(33)17-34-22-12-5-4-9-19(22)14-29/h1-13,15H,16-17H2. The van der Waals surface area contributed by atoms with Crippen molar-refractivity contribution in [3.8, 4) is 11.8 Å². The summed E-state index contributed by atoms with van der Waals surface area (Å²) in [4.78, 5) is 24.8. The second-order valence-electron chi connectivity index (χ2n) is 6.97. The first-order chi connectivity index (χ1) is 16.8. The number of halogens is 3. The van der Waals surface area contributed by atoms with Gasteiger partial charge >= 0.3 is 12.1 Å². The van der Waals surface area contributed by atoms with E-state index in [0.29, 0.717) is 5.56 Å². The minimum Gasteiger partial charge on any atom is -0.481 e. The van der Waals surface area contributed by atoms with Crippen LogP contribution in [0.25, 0.3) is 0 Å². The van der Waals surface area contributed by atoms with E-state index < -0.39 is 36.8 Å². The summed E-state index contributed by atoms with van der Waals surface area (Å²) in [5.74, 6) is -1.64. The molecule has 7 nitrogen and oxygen atoms in total. The third-order valence-electron chi connectivity index (χ3n) is 4.49. The van der Waals surface area contributed by atoms with E-state index >= 15 is 0 Å². The number of ether oxygens (including phenoxy) is 2. The highest BCUT2D eigenvalue weighted by molar-refractivity contribution is 5.96. The minimum atomic E-state index is -4.63. The number of hydrogen-bond acceptors (Lipinski definition) is 6. The van der Waals surface area contributed by atoms with E-state index in [9.17, 15) is 22.8 Å². The van der Waals surface area contributed by atoms with Crippen molar-refractivity contribution in [2.24, 2.45) is 5.10 Å². The number of nitrogens with zero attached hydrogens (tertiary/aromatic N) is 3. The highest BCUT2D eigenvalue weighted by Gasteiger charge is 2.31. The Bertz CT molecular complexity index is 1250. The normalized spacial score (nSPS) is 11.0. The average molecular weight is 481 g/mol. The van der Waals surface area contributed by atoms with Gasteiger partial charge < -0.3 is 9.47 Å². The number of esters is 1. The molecule has 0 aliphatic carbocycles. The number of rotatable bonds is 8. The van der Waals surface area contributed by atoms with E-state index in [1.807, 2.05) is 6.07 Å². The number of anilines is 1. The maximum Gasteiger partial charge on any atom is 0.416 e. The monoisotopic (exact) mass is 481 g/mol. The first-order valence-electron chi connectivity index (χ1n) is 10.1. The van der Waals surface area contributed by atoms with Crippen LogP contribution in [-0.2, 0) is 20.5 Å². The number of hydrazone groups is 1. The Morgan fingerprint density at radius 3 is 2.40 bits per heavy atom. The fraction of sp³-hybridized carbons (Fsp3) is 0.120. The molecule has 3 aromatic rings. The van der Waals surface area contributed by atoms with Gasteiger partial charge in [0.1, 0.15) is 11.8 Å². The molecule has 0 saturated heterocycles. The molecule has 0 heterocycles. The summed E-state index contributed by atoms with van der Waals surface area (Å²) in [7, 11) is 0. The van der Waals surface area contributed by atoms with Gasteiger partial charge in [0.25, 0.3) is 5.91 Å². The SMILES string of the molecule is N#Cc1ccccc1OCC(=O)OCC(=O)N(N=Cc1ccccc1)c1cccc(C(F)(F)F)c1. The van der Waals surface area contributed by atoms with Crippen molar-refractivity contribution in [3.05, 3.63) is 95.6 Å². The molecule has 0 unspecified atom stereocenters. The summed E-state index contributed by atoms with van der Waals surface area (Å²) < 4.78 is 49.7. The number of benzene rings is 3. The van der Waals surface area contributed by atoms with Gasteiger partial charge in [-0.05, 0) is 35.9 Å². The quantitative estimate of drug-likeness (QED) is 0.267. The molecular weight excluding hydrogens is 463 g/mol. The highest BCUT2D eigenvalue weighted by Crippen LogP contribution is 2.31. The summed E-state index contributed by atoms with van der Waals surface area (Å²) in [6.07, 6.45) is -3.33. The second kappa shape index (κ2) is 11.5. The van der Waals surface area contributed by atoms with E-state index in [1.54, 1.807) is 42.5 Å². The summed E-state index contributed by atoms with van der Waals surface area (Å²) in [5.41, 5.74) is -0.322. The lowest BCUT2D eigenvalue weighted by molar-refractivity contribution is -0.149. The second-order valence-corrected chi connectivity index (χ2v) is 6.97. The maximum absolute atomic E-state index is 13.2. The number of alkyl halides is 3. The molecule has 10 heteroatoms. The van der Waals surface area contributed by atoms with Crippen molar-refractivity contribution < 1.29 is 32.2 Å². The van der Waals surface area contributed by atoms with Gasteiger partial charge in [-0.15, -0.1) is 0 Å². The molecule has 0 N–H and O–H groups in total. The van der Waals surface area contributed by atoms with E-state index in [2.05, 4.69) is 5.10 Å². The zero-order chi connectivity index (χ0) is 25.3. The number of nitriles is 1. The van der Waals surface area contributed by atoms with Crippen LogP contribution < -0.4 is 9.75 Å². The molecule has 0 aliphatic rings. The average Bonchev–Trinajstić information content (AvgIpc) is 2.86. The summed E-state index contributed by atoms with van der Waals surface area (Å²) in [6.45, 7) is -1.38. The van der Waals surface area contributed by atoms with E-state index in [4.69, 9.17) is 14.7 Å². The van der Waals surface area contributed by atoms with Crippen molar-refractivity contribution in [2.45, 2.75) is 6.18 Å². The lowest BCUT2D eigenvalue weighted by Gasteiger charge is -2.18. The molecule has 178 valence electrons. The molecule has 0 aromatic heterocycles. The van der Waals surface area contributed by atoms with Gasteiger partial charge in [0.05, 0.1) is 23.0 Å². The number of carbonyl (C=O) groups is 2. The van der Waals surface area contributed by atoms with Crippen LogP contribution in [0.2, 0.25) is 0 Å². The Hall–Kier alpha value is -4.65. The predicted octanol–water partition coefficient (Wildman–Crippen LogP) is 4.57. The number of para-hydroxylation sites is 1. The van der Waals surface area contributed by atoms with Gasteiger partial charge in [-0.1, -0.05) is 48.5 Å². The van der Waals surface area contributed by atoms with Gasteiger partial charge in [0.2, 0.25) is 0 Å². The predicted molar refractivity (Wildman–Crippen MR) is 121 cm³/mol. The first kappa shape index (κ1) is 25.0. The first-order valence-corrected chi connectivity index (χ1v) is 10.1. The minimum absolute atomic E-state index is 0.160. The van der Waals surface area contributed by atoms with Crippen LogP contribution in [0.5, 0.6) is 5.75 Å². The molecule has 0 saturated carbocycles. The molecule has 0 bridgehead atoms. The Morgan fingerprint density at radius 1 is 0.971 bits per heavy atom. The van der Waals surface area contributed by atoms with Crippen LogP contribution in [0.4, 0.5) is 18.9 Å². The molecular formula is C25H18F3N3O4. The Kier molecular flexibility index (Phi) is 8.19. The molecule has 0 spiro atoms. The maximum atomic E-state index is 13.2. The van der Waals surface area contributed by atoms with Gasteiger partial charge in [0, 0.05) is 0 Å². The molecule has 0 aliphatic heterocycles.